The highest BCUT2D eigenvalue weighted by Crippen LogP contribution is 2.16. The summed E-state index contributed by atoms with van der Waals surface area (Å²) in [5.41, 5.74) is 2.54. The molecule has 1 N–H and O–H groups in total. The maximum atomic E-state index is 12.9. The minimum Gasteiger partial charge on any atom is -0.268 e. The summed E-state index contributed by atoms with van der Waals surface area (Å²) >= 11 is 5.32. The standard InChI is InChI=1S/C16H12N4OS/c1-10-6-8-11(9-7-10)19-14(21)12-4-2-3-5-13(12)20-15(19)17-18-16(20)22/h2-9H,1H3,(H,18,22). The molecule has 0 aliphatic rings. The molecule has 0 spiro atoms. The first-order valence-corrected chi connectivity index (χ1v) is 7.25. The molecular weight excluding hydrogens is 296 g/mol. The molecule has 0 aliphatic heterocycles. The van der Waals surface area contributed by atoms with Crippen LogP contribution in [-0.4, -0.2) is 19.2 Å². The van der Waals surface area contributed by atoms with Crippen molar-refractivity contribution >= 4 is 28.9 Å². The molecule has 5 nitrogen and oxygen atoms in total. The van der Waals surface area contributed by atoms with Gasteiger partial charge in [-0.05, 0) is 43.4 Å². The van der Waals surface area contributed by atoms with Crippen LogP contribution in [-0.2, 0) is 0 Å². The summed E-state index contributed by atoms with van der Waals surface area (Å²) in [6.07, 6.45) is 0. The Morgan fingerprint density at radius 2 is 1.82 bits per heavy atom. The number of aromatic amines is 1. The Balaban J connectivity index is 2.26. The fourth-order valence-corrected chi connectivity index (χ4v) is 2.87. The molecule has 2 aromatic carbocycles. The van der Waals surface area contributed by atoms with Crippen LogP contribution in [0.25, 0.3) is 22.4 Å². The first-order chi connectivity index (χ1) is 10.7. The molecule has 2 heterocycles. The maximum absolute atomic E-state index is 12.9. The average Bonchev–Trinajstić information content (AvgIpc) is 2.91. The van der Waals surface area contributed by atoms with E-state index in [1.807, 2.05) is 49.4 Å². The predicted octanol–water partition coefficient (Wildman–Crippen LogP) is 3.00. The molecular formula is C16H12N4OS. The summed E-state index contributed by atoms with van der Waals surface area (Å²) in [6.45, 7) is 2.01. The van der Waals surface area contributed by atoms with Crippen LogP contribution in [0.15, 0.2) is 53.3 Å². The summed E-state index contributed by atoms with van der Waals surface area (Å²) in [4.78, 5) is 12.9. The van der Waals surface area contributed by atoms with Gasteiger partial charge in [0.05, 0.1) is 16.6 Å². The van der Waals surface area contributed by atoms with E-state index in [9.17, 15) is 4.79 Å². The van der Waals surface area contributed by atoms with Crippen molar-refractivity contribution in [3.8, 4) is 5.69 Å². The number of rotatable bonds is 1. The number of para-hydroxylation sites is 1. The van der Waals surface area contributed by atoms with Gasteiger partial charge < -0.3 is 0 Å². The van der Waals surface area contributed by atoms with Gasteiger partial charge in [0.1, 0.15) is 0 Å². The number of nitrogens with zero attached hydrogens (tertiary/aromatic N) is 3. The van der Waals surface area contributed by atoms with Crippen LogP contribution in [0.3, 0.4) is 0 Å². The van der Waals surface area contributed by atoms with E-state index in [2.05, 4.69) is 10.2 Å². The lowest BCUT2D eigenvalue weighted by molar-refractivity contribution is 0.965. The lowest BCUT2D eigenvalue weighted by Gasteiger charge is -2.10. The molecule has 0 amide bonds. The van der Waals surface area contributed by atoms with E-state index in [-0.39, 0.29) is 5.56 Å². The monoisotopic (exact) mass is 308 g/mol. The van der Waals surface area contributed by atoms with Crippen LogP contribution in [0, 0.1) is 11.7 Å². The van der Waals surface area contributed by atoms with E-state index in [1.165, 1.54) is 0 Å². The summed E-state index contributed by atoms with van der Waals surface area (Å²) in [6, 6.07) is 15.1. The van der Waals surface area contributed by atoms with Gasteiger partial charge >= 0.3 is 0 Å². The third-order valence-electron chi connectivity index (χ3n) is 3.73. The second-order valence-corrected chi connectivity index (χ2v) is 5.54. The second kappa shape index (κ2) is 4.64. The maximum Gasteiger partial charge on any atom is 0.267 e. The molecule has 0 aliphatic carbocycles. The van der Waals surface area contributed by atoms with Crippen molar-refractivity contribution in [3.63, 3.8) is 0 Å². The Bertz CT molecular complexity index is 1120. The quantitative estimate of drug-likeness (QED) is 0.550. The van der Waals surface area contributed by atoms with Crippen molar-refractivity contribution in [1.29, 1.82) is 0 Å². The lowest BCUT2D eigenvalue weighted by Crippen LogP contribution is -2.21. The molecule has 0 saturated carbocycles. The summed E-state index contributed by atoms with van der Waals surface area (Å²) in [5, 5.41) is 7.61. The number of aromatic nitrogens is 4. The number of nitrogens with one attached hydrogen (secondary N) is 1. The van der Waals surface area contributed by atoms with Gasteiger partial charge in [-0.25, -0.2) is 9.67 Å². The van der Waals surface area contributed by atoms with Crippen LogP contribution in [0.5, 0.6) is 0 Å². The Hall–Kier alpha value is -2.73. The zero-order valence-corrected chi connectivity index (χ0v) is 12.6. The van der Waals surface area contributed by atoms with E-state index in [4.69, 9.17) is 12.2 Å². The van der Waals surface area contributed by atoms with Gasteiger partial charge in [-0.2, -0.15) is 0 Å². The molecule has 0 radical (unpaired) electrons. The molecule has 22 heavy (non-hydrogen) atoms. The molecule has 0 saturated heterocycles. The summed E-state index contributed by atoms with van der Waals surface area (Å²) in [5.74, 6) is 0.484. The van der Waals surface area contributed by atoms with Crippen molar-refractivity contribution < 1.29 is 0 Å². The van der Waals surface area contributed by atoms with Crippen molar-refractivity contribution in [2.75, 3.05) is 0 Å². The summed E-state index contributed by atoms with van der Waals surface area (Å²) in [7, 11) is 0. The van der Waals surface area contributed by atoms with Crippen LogP contribution >= 0.6 is 12.2 Å². The first kappa shape index (κ1) is 13.0. The van der Waals surface area contributed by atoms with Crippen molar-refractivity contribution in [3.05, 3.63) is 69.2 Å². The van der Waals surface area contributed by atoms with Gasteiger partial charge in [-0.1, -0.05) is 29.8 Å². The molecule has 4 aromatic rings. The highest BCUT2D eigenvalue weighted by molar-refractivity contribution is 7.71. The van der Waals surface area contributed by atoms with Crippen LogP contribution in [0.2, 0.25) is 0 Å². The predicted molar refractivity (Wildman–Crippen MR) is 88.2 cm³/mol. The van der Waals surface area contributed by atoms with E-state index >= 15 is 0 Å². The zero-order valence-electron chi connectivity index (χ0n) is 11.8. The molecule has 0 unspecified atom stereocenters. The molecule has 4 rings (SSSR count). The van der Waals surface area contributed by atoms with Crippen LogP contribution in [0.1, 0.15) is 5.56 Å². The molecule has 108 valence electrons. The summed E-state index contributed by atoms with van der Waals surface area (Å²) < 4.78 is 3.83. The van der Waals surface area contributed by atoms with Gasteiger partial charge in [-0.15, -0.1) is 5.10 Å². The lowest BCUT2D eigenvalue weighted by atomic mass is 10.2. The van der Waals surface area contributed by atoms with E-state index in [0.717, 1.165) is 16.8 Å². The number of hydrogen-bond donors (Lipinski definition) is 1. The Morgan fingerprint density at radius 3 is 2.59 bits per heavy atom. The van der Waals surface area contributed by atoms with E-state index in [0.29, 0.717) is 15.9 Å². The number of fused-ring (bicyclic) bond motifs is 3. The van der Waals surface area contributed by atoms with Gasteiger partial charge in [0.2, 0.25) is 10.5 Å². The van der Waals surface area contributed by atoms with Gasteiger partial charge in [-0.3, -0.25) is 9.20 Å². The fraction of sp³-hybridized carbons (Fsp3) is 0.0625. The number of H-pyrrole nitrogens is 1. The Labute approximate surface area is 130 Å². The van der Waals surface area contributed by atoms with Crippen molar-refractivity contribution in [2.45, 2.75) is 6.92 Å². The fourth-order valence-electron chi connectivity index (χ4n) is 2.64. The third-order valence-corrected chi connectivity index (χ3v) is 4.00. The molecule has 6 heteroatoms. The largest absolute Gasteiger partial charge is 0.268 e. The van der Waals surface area contributed by atoms with Crippen molar-refractivity contribution in [2.24, 2.45) is 0 Å². The van der Waals surface area contributed by atoms with Crippen molar-refractivity contribution in [1.82, 2.24) is 19.2 Å². The van der Waals surface area contributed by atoms with Gasteiger partial charge in [0.15, 0.2) is 0 Å². The highest BCUT2D eigenvalue weighted by Gasteiger charge is 2.14. The van der Waals surface area contributed by atoms with E-state index in [1.54, 1.807) is 15.0 Å². The first-order valence-electron chi connectivity index (χ1n) is 6.85. The number of benzene rings is 2. The van der Waals surface area contributed by atoms with E-state index < -0.39 is 0 Å². The SMILES string of the molecule is Cc1ccc(-n2c(=O)c3ccccc3n3c(=S)[nH]nc23)cc1. The molecule has 0 atom stereocenters. The minimum atomic E-state index is -0.110. The average molecular weight is 308 g/mol. The molecule has 2 aromatic heterocycles. The molecule has 0 bridgehead atoms. The topological polar surface area (TPSA) is 55.1 Å². The molecule has 0 fully saturated rings. The number of hydrogen-bond acceptors (Lipinski definition) is 3. The van der Waals surface area contributed by atoms with Crippen LogP contribution < -0.4 is 5.56 Å². The normalized spacial score (nSPS) is 11.3. The zero-order chi connectivity index (χ0) is 15.3. The Morgan fingerprint density at radius 1 is 1.09 bits per heavy atom. The van der Waals surface area contributed by atoms with Crippen LogP contribution in [0.4, 0.5) is 0 Å². The highest BCUT2D eigenvalue weighted by atomic mass is 32.1. The minimum absolute atomic E-state index is 0.110. The second-order valence-electron chi connectivity index (χ2n) is 5.16. The smallest absolute Gasteiger partial charge is 0.267 e. The van der Waals surface area contributed by atoms with Gasteiger partial charge in [0, 0.05) is 0 Å². The number of aryl methyl sites for hydroxylation is 1. The third kappa shape index (κ3) is 1.74. The van der Waals surface area contributed by atoms with Gasteiger partial charge in [0.25, 0.3) is 5.56 Å². The Kier molecular flexibility index (Phi) is 2.74.